The Bertz CT molecular complexity index is 528. The number of hydrogen-bond acceptors (Lipinski definition) is 3. The summed E-state index contributed by atoms with van der Waals surface area (Å²) in [6, 6.07) is 4.59. The summed E-state index contributed by atoms with van der Waals surface area (Å²) in [5.74, 6) is 1.44. The number of hydrogen-bond donors (Lipinski definition) is 1. The fourth-order valence-corrected chi connectivity index (χ4v) is 3.35. The van der Waals surface area contributed by atoms with Gasteiger partial charge in [0.2, 0.25) is 0 Å². The van der Waals surface area contributed by atoms with Crippen molar-refractivity contribution >= 4 is 33.1 Å². The third-order valence-electron chi connectivity index (χ3n) is 3.21. The van der Waals surface area contributed by atoms with Gasteiger partial charge in [-0.15, -0.1) is 11.3 Å². The van der Waals surface area contributed by atoms with Gasteiger partial charge in [-0.3, -0.25) is 0 Å². The van der Waals surface area contributed by atoms with Gasteiger partial charge in [0, 0.05) is 4.88 Å². The standard InChI is InChI=1S/C12H14BrN3S/c1-7-10(13)12(14)16(15-7)11(8-4-5-8)9-3-2-6-17-9/h2-3,6,8,11H,4-5,14H2,1H3. The number of rotatable bonds is 3. The third kappa shape index (κ3) is 1.91. The van der Waals surface area contributed by atoms with Gasteiger partial charge < -0.3 is 5.73 Å². The first-order valence-electron chi connectivity index (χ1n) is 5.72. The topological polar surface area (TPSA) is 43.8 Å². The molecule has 2 heterocycles. The van der Waals surface area contributed by atoms with Gasteiger partial charge in [0.05, 0.1) is 16.2 Å². The second-order valence-electron chi connectivity index (χ2n) is 4.53. The molecule has 1 atom stereocenters. The lowest BCUT2D eigenvalue weighted by atomic mass is 10.1. The van der Waals surface area contributed by atoms with Gasteiger partial charge in [-0.25, -0.2) is 4.68 Å². The van der Waals surface area contributed by atoms with Crippen molar-refractivity contribution in [2.45, 2.75) is 25.8 Å². The first kappa shape index (κ1) is 11.3. The highest BCUT2D eigenvalue weighted by Crippen LogP contribution is 2.46. The molecule has 1 saturated carbocycles. The maximum Gasteiger partial charge on any atom is 0.137 e. The molecule has 5 heteroatoms. The Labute approximate surface area is 113 Å². The molecule has 0 saturated heterocycles. The summed E-state index contributed by atoms with van der Waals surface area (Å²) >= 11 is 5.28. The van der Waals surface area contributed by atoms with Crippen LogP contribution in [0.5, 0.6) is 0 Å². The van der Waals surface area contributed by atoms with E-state index in [-0.39, 0.29) is 0 Å². The van der Waals surface area contributed by atoms with E-state index in [4.69, 9.17) is 5.73 Å². The van der Waals surface area contributed by atoms with Crippen molar-refractivity contribution in [3.63, 3.8) is 0 Å². The molecule has 2 aromatic heterocycles. The molecule has 1 fully saturated rings. The molecule has 1 unspecified atom stereocenters. The van der Waals surface area contributed by atoms with Gasteiger partial charge in [0.25, 0.3) is 0 Å². The Hall–Kier alpha value is -0.810. The predicted octanol–water partition coefficient (Wildman–Crippen LogP) is 3.60. The second kappa shape index (κ2) is 4.14. The Morgan fingerprint density at radius 1 is 1.59 bits per heavy atom. The summed E-state index contributed by atoms with van der Waals surface area (Å²) < 4.78 is 2.92. The predicted molar refractivity (Wildman–Crippen MR) is 74.3 cm³/mol. The van der Waals surface area contributed by atoms with Crippen LogP contribution in [0.1, 0.15) is 29.5 Å². The number of nitrogens with two attached hydrogens (primary N) is 1. The Balaban J connectivity index is 2.07. The van der Waals surface area contributed by atoms with Gasteiger partial charge in [0.1, 0.15) is 5.82 Å². The molecule has 3 rings (SSSR count). The highest BCUT2D eigenvalue weighted by Gasteiger charge is 2.36. The molecule has 90 valence electrons. The number of nitrogens with zero attached hydrogens (tertiary/aromatic N) is 2. The number of thiophene rings is 1. The molecular weight excluding hydrogens is 298 g/mol. The summed E-state index contributed by atoms with van der Waals surface area (Å²) in [4.78, 5) is 1.36. The van der Waals surface area contributed by atoms with Crippen molar-refractivity contribution in [1.29, 1.82) is 0 Å². The minimum Gasteiger partial charge on any atom is -0.383 e. The number of aryl methyl sites for hydroxylation is 1. The SMILES string of the molecule is Cc1nn(C(c2cccs2)C2CC2)c(N)c1Br. The van der Waals surface area contributed by atoms with Crippen LogP contribution < -0.4 is 5.73 Å². The first-order chi connectivity index (χ1) is 8.18. The molecule has 2 aromatic rings. The summed E-state index contributed by atoms with van der Waals surface area (Å²) in [5.41, 5.74) is 7.10. The Morgan fingerprint density at radius 2 is 2.35 bits per heavy atom. The zero-order chi connectivity index (χ0) is 12.0. The molecule has 2 N–H and O–H groups in total. The lowest BCUT2D eigenvalue weighted by molar-refractivity contribution is 0.482. The van der Waals surface area contributed by atoms with E-state index >= 15 is 0 Å². The Kier molecular flexibility index (Phi) is 2.75. The van der Waals surface area contributed by atoms with Crippen LogP contribution in [0, 0.1) is 12.8 Å². The molecule has 1 aliphatic rings. The number of aromatic nitrogens is 2. The average molecular weight is 312 g/mol. The van der Waals surface area contributed by atoms with Crippen molar-refractivity contribution in [3.8, 4) is 0 Å². The second-order valence-corrected chi connectivity index (χ2v) is 6.30. The summed E-state index contributed by atoms with van der Waals surface area (Å²) in [7, 11) is 0. The van der Waals surface area contributed by atoms with E-state index in [9.17, 15) is 0 Å². The van der Waals surface area contributed by atoms with E-state index < -0.39 is 0 Å². The molecule has 0 spiro atoms. The smallest absolute Gasteiger partial charge is 0.137 e. The summed E-state index contributed by atoms with van der Waals surface area (Å²) in [6.07, 6.45) is 2.55. The normalized spacial score (nSPS) is 17.3. The maximum absolute atomic E-state index is 6.13. The van der Waals surface area contributed by atoms with Crippen LogP contribution in [0.4, 0.5) is 5.82 Å². The van der Waals surface area contributed by atoms with E-state index in [1.54, 1.807) is 11.3 Å². The molecule has 1 aliphatic carbocycles. The number of halogens is 1. The number of nitrogen functional groups attached to an aromatic ring is 1. The molecule has 0 bridgehead atoms. The van der Waals surface area contributed by atoms with Crippen LogP contribution in [0.15, 0.2) is 22.0 Å². The van der Waals surface area contributed by atoms with Crippen LogP contribution in [-0.4, -0.2) is 9.78 Å². The van der Waals surface area contributed by atoms with Gasteiger partial charge in [-0.05, 0) is 53.1 Å². The third-order valence-corrected chi connectivity index (χ3v) is 5.14. The van der Waals surface area contributed by atoms with Gasteiger partial charge in [-0.1, -0.05) is 6.07 Å². The monoisotopic (exact) mass is 311 g/mol. The molecule has 0 aliphatic heterocycles. The Morgan fingerprint density at radius 3 is 2.82 bits per heavy atom. The van der Waals surface area contributed by atoms with E-state index in [1.165, 1.54) is 17.7 Å². The molecule has 17 heavy (non-hydrogen) atoms. The van der Waals surface area contributed by atoms with Crippen molar-refractivity contribution in [2.75, 3.05) is 5.73 Å². The van der Waals surface area contributed by atoms with Crippen molar-refractivity contribution in [1.82, 2.24) is 9.78 Å². The molecule has 3 nitrogen and oxygen atoms in total. The zero-order valence-corrected chi connectivity index (χ0v) is 12.0. The fourth-order valence-electron chi connectivity index (χ4n) is 2.18. The van der Waals surface area contributed by atoms with Crippen molar-refractivity contribution < 1.29 is 0 Å². The van der Waals surface area contributed by atoms with E-state index in [2.05, 4.69) is 38.5 Å². The largest absolute Gasteiger partial charge is 0.383 e. The zero-order valence-electron chi connectivity index (χ0n) is 9.56. The van der Waals surface area contributed by atoms with E-state index in [0.29, 0.717) is 12.0 Å². The number of anilines is 1. The molecular formula is C12H14BrN3S. The average Bonchev–Trinajstić information content (AvgIpc) is 2.94. The fraction of sp³-hybridized carbons (Fsp3) is 0.417. The lowest BCUT2D eigenvalue weighted by Gasteiger charge is -2.17. The van der Waals surface area contributed by atoms with Gasteiger partial charge >= 0.3 is 0 Å². The van der Waals surface area contributed by atoms with Gasteiger partial charge in [0.15, 0.2) is 0 Å². The summed E-state index contributed by atoms with van der Waals surface area (Å²) in [6.45, 7) is 1.98. The van der Waals surface area contributed by atoms with Crippen molar-refractivity contribution in [3.05, 3.63) is 32.6 Å². The van der Waals surface area contributed by atoms with Crippen LogP contribution in [0.2, 0.25) is 0 Å². The lowest BCUT2D eigenvalue weighted by Crippen LogP contribution is -2.15. The molecule has 0 aromatic carbocycles. The minimum absolute atomic E-state index is 0.319. The first-order valence-corrected chi connectivity index (χ1v) is 7.39. The minimum atomic E-state index is 0.319. The van der Waals surface area contributed by atoms with E-state index in [0.717, 1.165) is 16.0 Å². The van der Waals surface area contributed by atoms with Crippen LogP contribution in [0.25, 0.3) is 0 Å². The van der Waals surface area contributed by atoms with Crippen molar-refractivity contribution in [2.24, 2.45) is 5.92 Å². The highest BCUT2D eigenvalue weighted by molar-refractivity contribution is 9.10. The quantitative estimate of drug-likeness (QED) is 0.941. The maximum atomic E-state index is 6.13. The van der Waals surface area contributed by atoms with Crippen LogP contribution in [-0.2, 0) is 0 Å². The molecule has 0 amide bonds. The molecule has 0 radical (unpaired) electrons. The van der Waals surface area contributed by atoms with Gasteiger partial charge in [-0.2, -0.15) is 5.10 Å². The van der Waals surface area contributed by atoms with Crippen LogP contribution >= 0.6 is 27.3 Å². The van der Waals surface area contributed by atoms with E-state index in [1.807, 2.05) is 11.6 Å². The van der Waals surface area contributed by atoms with Crippen LogP contribution in [0.3, 0.4) is 0 Å². The summed E-state index contributed by atoms with van der Waals surface area (Å²) in [5, 5.41) is 6.70. The highest BCUT2D eigenvalue weighted by atomic mass is 79.9.